The molecule has 0 amide bonds. The van der Waals surface area contributed by atoms with Gasteiger partial charge in [0.05, 0.1) is 9.61 Å². The Kier molecular flexibility index (Phi) is 10.0. The Hall–Kier alpha value is 0.720. The average Bonchev–Trinajstić information content (AvgIpc) is 2.37. The summed E-state index contributed by atoms with van der Waals surface area (Å²) in [5, 5.41) is 13.6. The molecule has 1 aromatic carbocycles. The number of piperazine rings is 1. The Balaban J connectivity index is 0.00000180. The molecule has 2 N–H and O–H groups in total. The molecule has 1 aliphatic rings. The van der Waals surface area contributed by atoms with Gasteiger partial charge in [0, 0.05) is 35.3 Å². The molecule has 1 aliphatic heterocycles. The third-order valence-electron chi connectivity index (χ3n) is 3.14. The minimum Gasteiger partial charge on any atom is -0.506 e. The number of benzene rings is 1. The number of phenolic OH excluding ortho intramolecular Hbond substituents is 1. The van der Waals surface area contributed by atoms with Crippen LogP contribution in [0.4, 0.5) is 0 Å². The van der Waals surface area contributed by atoms with Crippen LogP contribution in [0.25, 0.3) is 0 Å². The number of rotatable bonds is 3. The van der Waals surface area contributed by atoms with E-state index in [-0.39, 0.29) is 30.9 Å². The van der Waals surface area contributed by atoms with Crippen LogP contribution in [0.2, 0.25) is 0 Å². The number of hydrogen-bond donors (Lipinski definition) is 2. The number of aromatic hydroxyl groups is 1. The van der Waals surface area contributed by atoms with E-state index in [9.17, 15) is 5.11 Å². The fraction of sp³-hybridized carbons (Fsp3) is 0.385. The summed E-state index contributed by atoms with van der Waals surface area (Å²) in [5.74, 6) is 0.388. The predicted octanol–water partition coefficient (Wildman–Crippen LogP) is 3.58. The fourth-order valence-electron chi connectivity index (χ4n) is 2.24. The number of nitrogens with one attached hydrogen (secondary N) is 1. The topological polar surface area (TPSA) is 35.5 Å². The van der Waals surface area contributed by atoms with E-state index in [0.717, 1.165) is 38.9 Å². The van der Waals surface area contributed by atoms with Gasteiger partial charge in [-0.2, -0.15) is 0 Å². The van der Waals surface area contributed by atoms with Crippen LogP contribution in [0.5, 0.6) is 5.75 Å². The summed E-state index contributed by atoms with van der Waals surface area (Å²) in [6.45, 7) is 7.89. The lowest BCUT2D eigenvalue weighted by molar-refractivity contribution is 0.200. The highest BCUT2D eigenvalue weighted by Crippen LogP contribution is 2.34. The van der Waals surface area contributed by atoms with Gasteiger partial charge in [0.15, 0.2) is 0 Å². The van der Waals surface area contributed by atoms with E-state index in [0.29, 0.717) is 5.75 Å². The molecule has 20 heavy (non-hydrogen) atoms. The highest BCUT2D eigenvalue weighted by molar-refractivity contribution is 14.1. The van der Waals surface area contributed by atoms with E-state index < -0.39 is 0 Å². The molecule has 0 unspecified atom stereocenters. The van der Waals surface area contributed by atoms with Crippen molar-refractivity contribution in [1.29, 1.82) is 0 Å². The monoisotopic (exact) mass is 542 g/mol. The van der Waals surface area contributed by atoms with Gasteiger partial charge in [-0.3, -0.25) is 4.90 Å². The van der Waals surface area contributed by atoms with Crippen molar-refractivity contribution in [3.8, 4) is 5.75 Å². The van der Waals surface area contributed by atoms with Gasteiger partial charge in [0.2, 0.25) is 0 Å². The summed E-state index contributed by atoms with van der Waals surface area (Å²) in [6.07, 6.45) is 1.92. The maximum absolute atomic E-state index is 10.3. The van der Waals surface area contributed by atoms with Crippen LogP contribution in [0.1, 0.15) is 11.6 Å². The lowest BCUT2D eigenvalue weighted by Crippen LogP contribution is -2.44. The molecule has 114 valence electrons. The smallest absolute Gasteiger partial charge is 0.134 e. The van der Waals surface area contributed by atoms with Crippen molar-refractivity contribution in [1.82, 2.24) is 10.2 Å². The number of nitrogens with zero attached hydrogens (tertiary/aromatic N) is 1. The Bertz CT molecular complexity index is 454. The molecular formula is C13H18Cl2I2N2O. The molecule has 7 heteroatoms. The normalized spacial score (nSPS) is 16.7. The summed E-state index contributed by atoms with van der Waals surface area (Å²) in [4.78, 5) is 2.35. The molecule has 0 saturated carbocycles. The van der Waals surface area contributed by atoms with Crippen molar-refractivity contribution < 1.29 is 5.11 Å². The van der Waals surface area contributed by atoms with E-state index in [1.165, 1.54) is 0 Å². The minimum atomic E-state index is 0. The highest BCUT2D eigenvalue weighted by Gasteiger charge is 2.23. The zero-order valence-corrected chi connectivity index (χ0v) is 16.8. The van der Waals surface area contributed by atoms with Gasteiger partial charge >= 0.3 is 0 Å². The third kappa shape index (κ3) is 4.88. The predicted molar refractivity (Wildman–Crippen MR) is 105 cm³/mol. The fourth-order valence-corrected chi connectivity index (χ4v) is 4.13. The molecular weight excluding hydrogens is 525 g/mol. The zero-order chi connectivity index (χ0) is 13.1. The van der Waals surface area contributed by atoms with Crippen molar-refractivity contribution >= 4 is 70.0 Å². The van der Waals surface area contributed by atoms with Gasteiger partial charge in [-0.1, -0.05) is 6.08 Å². The van der Waals surface area contributed by atoms with Crippen LogP contribution in [0.3, 0.4) is 0 Å². The summed E-state index contributed by atoms with van der Waals surface area (Å²) < 4.78 is 2.04. The first-order valence-electron chi connectivity index (χ1n) is 5.88. The van der Waals surface area contributed by atoms with E-state index in [1.807, 2.05) is 18.2 Å². The molecule has 2 rings (SSSR count). The van der Waals surface area contributed by atoms with Crippen LogP contribution in [0, 0.1) is 7.14 Å². The number of hydrogen-bond acceptors (Lipinski definition) is 3. The first kappa shape index (κ1) is 20.7. The molecule has 0 spiro atoms. The van der Waals surface area contributed by atoms with Crippen LogP contribution in [-0.4, -0.2) is 36.2 Å². The van der Waals surface area contributed by atoms with Crippen molar-refractivity contribution in [3.63, 3.8) is 0 Å². The molecule has 1 atom stereocenters. The van der Waals surface area contributed by atoms with Crippen LogP contribution >= 0.6 is 70.0 Å². The molecule has 0 aliphatic carbocycles. The lowest BCUT2D eigenvalue weighted by atomic mass is 10.0. The Morgan fingerprint density at radius 3 is 2.40 bits per heavy atom. The first-order valence-corrected chi connectivity index (χ1v) is 8.04. The molecule has 3 nitrogen and oxygen atoms in total. The average molecular weight is 543 g/mol. The van der Waals surface area contributed by atoms with E-state index in [2.05, 4.69) is 62.0 Å². The highest BCUT2D eigenvalue weighted by atomic mass is 127. The molecule has 0 aromatic heterocycles. The Morgan fingerprint density at radius 2 is 1.85 bits per heavy atom. The number of phenols is 1. The molecule has 0 bridgehead atoms. The van der Waals surface area contributed by atoms with Crippen molar-refractivity contribution in [2.45, 2.75) is 6.04 Å². The van der Waals surface area contributed by atoms with Crippen LogP contribution in [-0.2, 0) is 0 Å². The SMILES string of the molecule is C=C[C@H](c1cc(I)cc(I)c1O)N1CCNCC1.Cl.Cl. The molecule has 1 heterocycles. The van der Waals surface area contributed by atoms with Gasteiger partial charge in [-0.05, 0) is 57.3 Å². The summed E-state index contributed by atoms with van der Waals surface area (Å²) in [7, 11) is 0. The second kappa shape index (κ2) is 9.68. The van der Waals surface area contributed by atoms with Crippen molar-refractivity contribution in [2.75, 3.05) is 26.2 Å². The molecule has 0 radical (unpaired) electrons. The van der Waals surface area contributed by atoms with Crippen LogP contribution < -0.4 is 5.32 Å². The van der Waals surface area contributed by atoms with Gasteiger partial charge in [-0.25, -0.2) is 0 Å². The first-order chi connectivity index (χ1) is 8.63. The summed E-state index contributed by atoms with van der Waals surface area (Å²) in [6, 6.07) is 4.12. The van der Waals surface area contributed by atoms with Gasteiger partial charge in [0.1, 0.15) is 5.75 Å². The van der Waals surface area contributed by atoms with Gasteiger partial charge < -0.3 is 10.4 Å². The molecule has 1 aromatic rings. The molecule has 1 saturated heterocycles. The Labute approximate surface area is 159 Å². The van der Waals surface area contributed by atoms with Crippen molar-refractivity contribution in [3.05, 3.63) is 37.5 Å². The second-order valence-corrected chi connectivity index (χ2v) is 6.70. The maximum atomic E-state index is 10.3. The molecule has 1 fully saturated rings. The van der Waals surface area contributed by atoms with Crippen LogP contribution in [0.15, 0.2) is 24.8 Å². The lowest BCUT2D eigenvalue weighted by Gasteiger charge is -2.33. The van der Waals surface area contributed by atoms with E-state index in [1.54, 1.807) is 0 Å². The third-order valence-corrected chi connectivity index (χ3v) is 4.59. The number of halogens is 4. The van der Waals surface area contributed by atoms with Gasteiger partial charge in [-0.15, -0.1) is 31.4 Å². The van der Waals surface area contributed by atoms with Gasteiger partial charge in [0.25, 0.3) is 0 Å². The minimum absolute atomic E-state index is 0. The van der Waals surface area contributed by atoms with E-state index >= 15 is 0 Å². The standard InChI is InChI=1S/C13H16I2N2O.2ClH/c1-2-12(17-5-3-16-4-6-17)10-7-9(14)8-11(15)13(10)18;;/h2,7-8,12,16,18H,1,3-6H2;2*1H/t12-;;/m1../s1. The maximum Gasteiger partial charge on any atom is 0.134 e. The largest absolute Gasteiger partial charge is 0.506 e. The zero-order valence-electron chi connectivity index (χ0n) is 10.8. The quantitative estimate of drug-likeness (QED) is 0.453. The van der Waals surface area contributed by atoms with Crippen molar-refractivity contribution in [2.24, 2.45) is 0 Å². The second-order valence-electron chi connectivity index (χ2n) is 4.29. The Morgan fingerprint density at radius 1 is 1.25 bits per heavy atom. The summed E-state index contributed by atoms with van der Waals surface area (Å²) >= 11 is 4.46. The summed E-state index contributed by atoms with van der Waals surface area (Å²) in [5.41, 5.74) is 0.961. The van der Waals surface area contributed by atoms with E-state index in [4.69, 9.17) is 0 Å².